The third-order valence-corrected chi connectivity index (χ3v) is 3.98. The second-order valence-corrected chi connectivity index (χ2v) is 5.47. The first-order valence-electron chi connectivity index (χ1n) is 7.55. The molecule has 0 radical (unpaired) electrons. The summed E-state index contributed by atoms with van der Waals surface area (Å²) >= 11 is 0. The van der Waals surface area contributed by atoms with Crippen LogP contribution in [0.4, 0.5) is 0 Å². The highest BCUT2D eigenvalue weighted by Gasteiger charge is 2.27. The van der Waals surface area contributed by atoms with Crippen LogP contribution in [0.15, 0.2) is 54.6 Å². The molecule has 0 heterocycles. The Labute approximate surface area is 125 Å². The predicted octanol–water partition coefficient (Wildman–Crippen LogP) is 3.99. The highest BCUT2D eigenvalue weighted by molar-refractivity contribution is 5.35. The zero-order valence-corrected chi connectivity index (χ0v) is 12.1. The molecule has 1 saturated carbocycles. The van der Waals surface area contributed by atoms with E-state index in [4.69, 9.17) is 15.2 Å². The number of hydrogen-bond acceptors (Lipinski definition) is 3. The standard InChI is InChI=1S/C18H21NO2/c19-13-14-5-4-8-18(14)21-17-11-9-16(10-12-17)20-15-6-2-1-3-7-15/h1-3,6-7,9-12,14,18H,4-5,8,13,19H2. The average molecular weight is 283 g/mol. The van der Waals surface area contributed by atoms with Gasteiger partial charge in [-0.05, 0) is 62.2 Å². The summed E-state index contributed by atoms with van der Waals surface area (Å²) in [6.07, 6.45) is 3.75. The van der Waals surface area contributed by atoms with E-state index >= 15 is 0 Å². The summed E-state index contributed by atoms with van der Waals surface area (Å²) in [5, 5.41) is 0. The zero-order chi connectivity index (χ0) is 14.5. The van der Waals surface area contributed by atoms with Crippen molar-refractivity contribution in [2.45, 2.75) is 25.4 Å². The third-order valence-electron chi connectivity index (χ3n) is 3.98. The summed E-state index contributed by atoms with van der Waals surface area (Å²) < 4.78 is 11.8. The lowest BCUT2D eigenvalue weighted by atomic mass is 10.1. The summed E-state index contributed by atoms with van der Waals surface area (Å²) in [6.45, 7) is 0.708. The molecule has 0 aromatic heterocycles. The summed E-state index contributed by atoms with van der Waals surface area (Å²) in [4.78, 5) is 0. The highest BCUT2D eigenvalue weighted by atomic mass is 16.5. The number of benzene rings is 2. The molecule has 2 atom stereocenters. The number of nitrogens with two attached hydrogens (primary N) is 1. The maximum absolute atomic E-state index is 6.05. The first kappa shape index (κ1) is 14.0. The molecule has 0 aliphatic heterocycles. The molecule has 2 N–H and O–H groups in total. The van der Waals surface area contributed by atoms with Crippen molar-refractivity contribution in [3.8, 4) is 17.2 Å². The quantitative estimate of drug-likeness (QED) is 0.902. The van der Waals surface area contributed by atoms with Gasteiger partial charge in [-0.15, -0.1) is 0 Å². The Balaban J connectivity index is 1.61. The van der Waals surface area contributed by atoms with Crippen molar-refractivity contribution in [3.63, 3.8) is 0 Å². The van der Waals surface area contributed by atoms with Gasteiger partial charge in [0, 0.05) is 5.92 Å². The fraction of sp³-hybridized carbons (Fsp3) is 0.333. The van der Waals surface area contributed by atoms with Gasteiger partial charge in [0.2, 0.25) is 0 Å². The summed E-state index contributed by atoms with van der Waals surface area (Å²) in [5.74, 6) is 3.03. The van der Waals surface area contributed by atoms with E-state index in [2.05, 4.69) is 0 Å². The Bertz CT molecular complexity index is 553. The minimum absolute atomic E-state index is 0.260. The number of hydrogen-bond donors (Lipinski definition) is 1. The molecule has 21 heavy (non-hydrogen) atoms. The molecule has 2 aromatic rings. The Morgan fingerprint density at radius 1 is 0.857 bits per heavy atom. The van der Waals surface area contributed by atoms with Gasteiger partial charge >= 0.3 is 0 Å². The topological polar surface area (TPSA) is 44.5 Å². The van der Waals surface area contributed by atoms with E-state index < -0.39 is 0 Å². The normalized spacial score (nSPS) is 21.2. The van der Waals surface area contributed by atoms with Crippen LogP contribution in [0, 0.1) is 5.92 Å². The van der Waals surface area contributed by atoms with Crippen molar-refractivity contribution < 1.29 is 9.47 Å². The molecule has 3 rings (SSSR count). The van der Waals surface area contributed by atoms with Gasteiger partial charge in [0.25, 0.3) is 0 Å². The minimum Gasteiger partial charge on any atom is -0.490 e. The van der Waals surface area contributed by atoms with E-state index in [9.17, 15) is 0 Å². The largest absolute Gasteiger partial charge is 0.490 e. The van der Waals surface area contributed by atoms with E-state index in [1.54, 1.807) is 0 Å². The Morgan fingerprint density at radius 2 is 1.52 bits per heavy atom. The van der Waals surface area contributed by atoms with Gasteiger partial charge in [-0.3, -0.25) is 0 Å². The Hall–Kier alpha value is -2.00. The summed E-state index contributed by atoms with van der Waals surface area (Å²) in [7, 11) is 0. The predicted molar refractivity (Wildman–Crippen MR) is 83.8 cm³/mol. The second-order valence-electron chi connectivity index (χ2n) is 5.47. The molecule has 110 valence electrons. The summed E-state index contributed by atoms with van der Waals surface area (Å²) in [5.41, 5.74) is 5.79. The van der Waals surface area contributed by atoms with Crippen LogP contribution in [0.25, 0.3) is 0 Å². The molecule has 0 spiro atoms. The number of ether oxygens (including phenoxy) is 2. The van der Waals surface area contributed by atoms with Gasteiger partial charge in [-0.25, -0.2) is 0 Å². The van der Waals surface area contributed by atoms with Crippen LogP contribution in [-0.2, 0) is 0 Å². The van der Waals surface area contributed by atoms with E-state index in [1.807, 2.05) is 54.6 Å². The van der Waals surface area contributed by atoms with Crippen LogP contribution in [0.2, 0.25) is 0 Å². The van der Waals surface area contributed by atoms with Crippen molar-refractivity contribution in [1.29, 1.82) is 0 Å². The maximum atomic E-state index is 6.05. The van der Waals surface area contributed by atoms with Gasteiger partial charge in [-0.2, -0.15) is 0 Å². The van der Waals surface area contributed by atoms with Gasteiger partial charge in [-0.1, -0.05) is 18.2 Å². The average Bonchev–Trinajstić information content (AvgIpc) is 2.97. The van der Waals surface area contributed by atoms with Crippen LogP contribution in [0.5, 0.6) is 17.2 Å². The minimum atomic E-state index is 0.260. The molecule has 2 aromatic carbocycles. The van der Waals surface area contributed by atoms with Crippen LogP contribution in [0.1, 0.15) is 19.3 Å². The van der Waals surface area contributed by atoms with Gasteiger partial charge in [0.05, 0.1) is 0 Å². The molecular weight excluding hydrogens is 262 g/mol. The number of rotatable bonds is 5. The van der Waals surface area contributed by atoms with Crippen LogP contribution < -0.4 is 15.2 Å². The molecule has 1 fully saturated rings. The second kappa shape index (κ2) is 6.64. The summed E-state index contributed by atoms with van der Waals surface area (Å²) in [6, 6.07) is 17.6. The first-order chi connectivity index (χ1) is 10.3. The van der Waals surface area contributed by atoms with Crippen molar-refractivity contribution in [2.75, 3.05) is 6.54 Å². The SMILES string of the molecule is NCC1CCCC1Oc1ccc(Oc2ccccc2)cc1. The van der Waals surface area contributed by atoms with E-state index in [0.29, 0.717) is 12.5 Å². The third kappa shape index (κ3) is 3.56. The van der Waals surface area contributed by atoms with E-state index in [-0.39, 0.29) is 6.10 Å². The van der Waals surface area contributed by atoms with Crippen molar-refractivity contribution in [2.24, 2.45) is 11.7 Å². The van der Waals surface area contributed by atoms with Crippen molar-refractivity contribution in [1.82, 2.24) is 0 Å². The maximum Gasteiger partial charge on any atom is 0.127 e. The lowest BCUT2D eigenvalue weighted by Crippen LogP contribution is -2.27. The van der Waals surface area contributed by atoms with Crippen molar-refractivity contribution in [3.05, 3.63) is 54.6 Å². The van der Waals surface area contributed by atoms with Crippen LogP contribution >= 0.6 is 0 Å². The number of para-hydroxylation sites is 1. The fourth-order valence-corrected chi connectivity index (χ4v) is 2.81. The van der Waals surface area contributed by atoms with Crippen molar-refractivity contribution >= 4 is 0 Å². The van der Waals surface area contributed by atoms with Gasteiger partial charge in [0.1, 0.15) is 23.4 Å². The molecule has 1 aliphatic rings. The Kier molecular flexibility index (Phi) is 4.41. The fourth-order valence-electron chi connectivity index (χ4n) is 2.81. The highest BCUT2D eigenvalue weighted by Crippen LogP contribution is 2.30. The molecule has 3 nitrogen and oxygen atoms in total. The van der Waals surface area contributed by atoms with E-state index in [0.717, 1.165) is 23.7 Å². The zero-order valence-electron chi connectivity index (χ0n) is 12.1. The molecule has 3 heteroatoms. The first-order valence-corrected chi connectivity index (χ1v) is 7.55. The van der Waals surface area contributed by atoms with Crippen LogP contribution in [-0.4, -0.2) is 12.6 Å². The smallest absolute Gasteiger partial charge is 0.127 e. The van der Waals surface area contributed by atoms with Gasteiger partial charge < -0.3 is 15.2 Å². The Morgan fingerprint density at radius 3 is 2.24 bits per heavy atom. The van der Waals surface area contributed by atoms with Gasteiger partial charge in [0.15, 0.2) is 0 Å². The lowest BCUT2D eigenvalue weighted by molar-refractivity contribution is 0.162. The molecular formula is C18H21NO2. The molecule has 1 aliphatic carbocycles. The molecule has 0 saturated heterocycles. The molecule has 2 unspecified atom stereocenters. The monoisotopic (exact) mass is 283 g/mol. The van der Waals surface area contributed by atoms with E-state index in [1.165, 1.54) is 12.8 Å². The molecule has 0 amide bonds. The lowest BCUT2D eigenvalue weighted by Gasteiger charge is -2.20. The van der Waals surface area contributed by atoms with Crippen LogP contribution in [0.3, 0.4) is 0 Å². The molecule has 0 bridgehead atoms.